The zero-order valence-electron chi connectivity index (χ0n) is 23.8. The smallest absolute Gasteiger partial charge is 0.412 e. The van der Waals surface area contributed by atoms with E-state index in [4.69, 9.17) is 14.2 Å². The average molecular weight is 519 g/mol. The highest BCUT2D eigenvalue weighted by Crippen LogP contribution is 2.33. The minimum atomic E-state index is -0.529. The molecule has 1 N–H and O–H groups in total. The van der Waals surface area contributed by atoms with Gasteiger partial charge in [-0.2, -0.15) is 0 Å². The van der Waals surface area contributed by atoms with Gasteiger partial charge in [-0.05, 0) is 87.1 Å². The lowest BCUT2D eigenvalue weighted by molar-refractivity contribution is 0.118. The summed E-state index contributed by atoms with van der Waals surface area (Å²) in [5.74, 6) is 1.83. The molecule has 0 bridgehead atoms. The third kappa shape index (κ3) is 7.44. The van der Waals surface area contributed by atoms with E-state index in [0.717, 1.165) is 47.6 Å². The molecule has 3 aromatic rings. The van der Waals surface area contributed by atoms with E-state index in [1.165, 1.54) is 5.56 Å². The molecule has 38 heavy (non-hydrogen) atoms. The summed E-state index contributed by atoms with van der Waals surface area (Å²) in [7, 11) is 1.62. The molecule has 1 amide bonds. The maximum atomic E-state index is 12.8. The Bertz CT molecular complexity index is 1190. The van der Waals surface area contributed by atoms with E-state index in [9.17, 15) is 4.79 Å². The van der Waals surface area contributed by atoms with Gasteiger partial charge in [-0.25, -0.2) is 4.79 Å². The molecule has 0 aliphatic rings. The Labute approximate surface area is 227 Å². The van der Waals surface area contributed by atoms with Crippen LogP contribution in [0.1, 0.15) is 75.3 Å². The molecule has 0 spiro atoms. The van der Waals surface area contributed by atoms with Crippen molar-refractivity contribution in [1.29, 1.82) is 0 Å². The Kier molecular flexibility index (Phi) is 10.5. The van der Waals surface area contributed by atoms with Crippen molar-refractivity contribution in [3.63, 3.8) is 0 Å². The number of nitrogens with one attached hydrogen (secondary N) is 1. The average Bonchev–Trinajstić information content (AvgIpc) is 2.93. The fourth-order valence-corrected chi connectivity index (χ4v) is 4.38. The number of benzene rings is 3. The zero-order valence-corrected chi connectivity index (χ0v) is 23.8. The third-order valence-electron chi connectivity index (χ3n) is 7.07. The summed E-state index contributed by atoms with van der Waals surface area (Å²) in [4.78, 5) is 15.1. The molecule has 0 heterocycles. The first-order chi connectivity index (χ1) is 18.3. The summed E-state index contributed by atoms with van der Waals surface area (Å²) in [5.41, 5.74) is 6.00. The van der Waals surface area contributed by atoms with Crippen LogP contribution < -0.4 is 19.7 Å². The zero-order chi connectivity index (χ0) is 27.7. The SMILES string of the molecule is CCC(C)c1ccc(COc2cc(OC)ccc2C(C)OC(=O)Nc2ccc(N(CC)CC)cc2C)cc1. The first-order valence-electron chi connectivity index (χ1n) is 13.5. The lowest BCUT2D eigenvalue weighted by Gasteiger charge is -2.22. The van der Waals surface area contributed by atoms with Gasteiger partial charge in [0.1, 0.15) is 24.2 Å². The van der Waals surface area contributed by atoms with Crippen LogP contribution in [-0.2, 0) is 11.3 Å². The van der Waals surface area contributed by atoms with Crippen LogP contribution in [0.2, 0.25) is 0 Å². The lowest BCUT2D eigenvalue weighted by Crippen LogP contribution is -2.22. The van der Waals surface area contributed by atoms with Crippen molar-refractivity contribution >= 4 is 17.5 Å². The standard InChI is InChI=1S/C32H42N2O4/c1-8-22(4)26-13-11-25(12-14-26)21-37-31-20-28(36-7)16-17-29(31)24(6)38-32(35)33-30-18-15-27(19-23(30)5)34(9-2)10-3/h11-20,22,24H,8-10,21H2,1-7H3,(H,33,35). The highest BCUT2D eigenvalue weighted by Gasteiger charge is 2.18. The summed E-state index contributed by atoms with van der Waals surface area (Å²) < 4.78 is 17.4. The van der Waals surface area contributed by atoms with Gasteiger partial charge < -0.3 is 19.1 Å². The Morgan fingerprint density at radius 3 is 2.26 bits per heavy atom. The van der Waals surface area contributed by atoms with Gasteiger partial charge in [0.25, 0.3) is 0 Å². The molecule has 204 valence electrons. The number of hydrogen-bond acceptors (Lipinski definition) is 5. The van der Waals surface area contributed by atoms with Crippen LogP contribution in [0.4, 0.5) is 16.2 Å². The normalized spacial score (nSPS) is 12.4. The topological polar surface area (TPSA) is 60.0 Å². The van der Waals surface area contributed by atoms with Crippen molar-refractivity contribution in [2.24, 2.45) is 0 Å². The van der Waals surface area contributed by atoms with Gasteiger partial charge in [0.2, 0.25) is 0 Å². The van der Waals surface area contributed by atoms with Crippen molar-refractivity contribution in [2.75, 3.05) is 30.4 Å². The molecular formula is C32H42N2O4. The second-order valence-corrected chi connectivity index (χ2v) is 9.59. The maximum absolute atomic E-state index is 12.8. The number of methoxy groups -OCH3 is 1. The van der Waals surface area contributed by atoms with Gasteiger partial charge in [0, 0.05) is 36.1 Å². The predicted molar refractivity (Wildman–Crippen MR) is 156 cm³/mol. The molecule has 6 heteroatoms. The van der Waals surface area contributed by atoms with E-state index in [0.29, 0.717) is 24.0 Å². The first-order valence-corrected chi connectivity index (χ1v) is 13.5. The van der Waals surface area contributed by atoms with E-state index in [1.807, 2.05) is 44.2 Å². The van der Waals surface area contributed by atoms with E-state index in [-0.39, 0.29) is 0 Å². The van der Waals surface area contributed by atoms with Crippen molar-refractivity contribution in [3.8, 4) is 11.5 Å². The maximum Gasteiger partial charge on any atom is 0.412 e. The minimum Gasteiger partial charge on any atom is -0.497 e. The summed E-state index contributed by atoms with van der Waals surface area (Å²) >= 11 is 0. The quantitative estimate of drug-likeness (QED) is 0.262. The highest BCUT2D eigenvalue weighted by atomic mass is 16.6. The van der Waals surface area contributed by atoms with Crippen LogP contribution in [0.25, 0.3) is 0 Å². The number of anilines is 2. The van der Waals surface area contributed by atoms with Crippen molar-refractivity contribution in [1.82, 2.24) is 0 Å². The molecule has 2 unspecified atom stereocenters. The van der Waals surface area contributed by atoms with Gasteiger partial charge in [0.05, 0.1) is 7.11 Å². The third-order valence-corrected chi connectivity index (χ3v) is 7.07. The number of rotatable bonds is 12. The number of hydrogen-bond donors (Lipinski definition) is 1. The highest BCUT2D eigenvalue weighted by molar-refractivity contribution is 5.86. The molecule has 0 radical (unpaired) electrons. The van der Waals surface area contributed by atoms with Crippen LogP contribution in [0.3, 0.4) is 0 Å². The van der Waals surface area contributed by atoms with Crippen LogP contribution in [-0.4, -0.2) is 26.3 Å². The number of ether oxygens (including phenoxy) is 3. The van der Waals surface area contributed by atoms with Gasteiger partial charge >= 0.3 is 6.09 Å². The number of carbonyl (C=O) groups is 1. The Morgan fingerprint density at radius 1 is 0.947 bits per heavy atom. The van der Waals surface area contributed by atoms with Crippen molar-refractivity contribution in [2.45, 2.75) is 66.6 Å². The fourth-order valence-electron chi connectivity index (χ4n) is 4.38. The molecule has 2 atom stereocenters. The number of nitrogens with zero attached hydrogens (tertiary/aromatic N) is 1. The van der Waals surface area contributed by atoms with E-state index < -0.39 is 12.2 Å². The van der Waals surface area contributed by atoms with Crippen LogP contribution in [0.15, 0.2) is 60.7 Å². The van der Waals surface area contributed by atoms with Gasteiger partial charge in [-0.15, -0.1) is 0 Å². The van der Waals surface area contributed by atoms with Crippen LogP contribution in [0.5, 0.6) is 11.5 Å². The minimum absolute atomic E-state index is 0.401. The lowest BCUT2D eigenvalue weighted by atomic mass is 9.98. The van der Waals surface area contributed by atoms with Gasteiger partial charge in [0.15, 0.2) is 0 Å². The molecule has 3 aromatic carbocycles. The van der Waals surface area contributed by atoms with Crippen molar-refractivity contribution in [3.05, 3.63) is 82.9 Å². The van der Waals surface area contributed by atoms with Crippen LogP contribution >= 0.6 is 0 Å². The second-order valence-electron chi connectivity index (χ2n) is 9.59. The van der Waals surface area contributed by atoms with Crippen LogP contribution in [0, 0.1) is 6.92 Å². The molecule has 0 aliphatic heterocycles. The molecule has 0 aliphatic carbocycles. The number of amides is 1. The summed E-state index contributed by atoms with van der Waals surface area (Å²) in [6, 6.07) is 20.1. The molecule has 3 rings (SSSR count). The second kappa shape index (κ2) is 13.8. The van der Waals surface area contributed by atoms with Crippen molar-refractivity contribution < 1.29 is 19.0 Å². The molecular weight excluding hydrogens is 476 g/mol. The monoisotopic (exact) mass is 518 g/mol. The predicted octanol–water partition coefficient (Wildman–Crippen LogP) is 8.25. The largest absolute Gasteiger partial charge is 0.497 e. The summed E-state index contributed by atoms with van der Waals surface area (Å²) in [5, 5.41) is 2.89. The van der Waals surface area contributed by atoms with Gasteiger partial charge in [-0.1, -0.05) is 38.1 Å². The van der Waals surface area contributed by atoms with E-state index in [2.05, 4.69) is 68.2 Å². The molecule has 0 aromatic heterocycles. The Balaban J connectivity index is 1.69. The number of carbonyl (C=O) groups excluding carboxylic acids is 1. The molecule has 6 nitrogen and oxygen atoms in total. The fraction of sp³-hybridized carbons (Fsp3) is 0.406. The number of aryl methyl sites for hydroxylation is 1. The summed E-state index contributed by atoms with van der Waals surface area (Å²) in [6.07, 6.45) is 0.0629. The molecule has 0 saturated carbocycles. The Morgan fingerprint density at radius 2 is 1.66 bits per heavy atom. The van der Waals surface area contributed by atoms with E-state index in [1.54, 1.807) is 7.11 Å². The molecule has 0 saturated heterocycles. The molecule has 0 fully saturated rings. The first kappa shape index (κ1) is 28.9. The summed E-state index contributed by atoms with van der Waals surface area (Å²) in [6.45, 7) is 14.8. The van der Waals surface area contributed by atoms with Gasteiger partial charge in [-0.3, -0.25) is 5.32 Å². The Hall–Kier alpha value is -3.67. The van der Waals surface area contributed by atoms with E-state index >= 15 is 0 Å².